The lowest BCUT2D eigenvalue weighted by Crippen LogP contribution is -2.44. The lowest BCUT2D eigenvalue weighted by molar-refractivity contribution is -0.127. The van der Waals surface area contributed by atoms with Crippen molar-refractivity contribution in [2.75, 3.05) is 5.32 Å². The minimum absolute atomic E-state index is 0.0217. The third kappa shape index (κ3) is 3.56. The quantitative estimate of drug-likeness (QED) is 0.489. The summed E-state index contributed by atoms with van der Waals surface area (Å²) in [6.45, 7) is 2.05. The lowest BCUT2D eigenvalue weighted by atomic mass is 9.54. The van der Waals surface area contributed by atoms with Crippen molar-refractivity contribution in [2.45, 2.75) is 51.4 Å². The number of aryl methyl sites for hydroxylation is 1. The molecule has 5 rings (SSSR count). The van der Waals surface area contributed by atoms with E-state index in [4.69, 9.17) is 0 Å². The number of hydrogen-bond acceptors (Lipinski definition) is 4. The van der Waals surface area contributed by atoms with Crippen LogP contribution in [-0.2, 0) is 16.0 Å². The van der Waals surface area contributed by atoms with Gasteiger partial charge in [0.05, 0.1) is 6.26 Å². The van der Waals surface area contributed by atoms with Crippen LogP contribution in [0.3, 0.4) is 0 Å². The van der Waals surface area contributed by atoms with E-state index < -0.39 is 11.2 Å². The first-order chi connectivity index (χ1) is 15.9. The number of pyridine rings is 1. The summed E-state index contributed by atoms with van der Waals surface area (Å²) in [5.74, 6) is -0.365. The minimum atomic E-state index is -0.582. The van der Waals surface area contributed by atoms with Gasteiger partial charge < -0.3 is 10.4 Å². The first-order valence-electron chi connectivity index (χ1n) is 11.8. The van der Waals surface area contributed by atoms with E-state index in [-0.39, 0.29) is 35.8 Å². The van der Waals surface area contributed by atoms with Crippen LogP contribution in [0, 0.1) is 29.0 Å². The van der Waals surface area contributed by atoms with E-state index in [1.807, 2.05) is 6.92 Å². The maximum Gasteiger partial charge on any atom is 0.225 e. The van der Waals surface area contributed by atoms with E-state index in [1.54, 1.807) is 0 Å². The molecule has 1 amide bonds. The van der Waals surface area contributed by atoms with Gasteiger partial charge in [0.25, 0.3) is 0 Å². The van der Waals surface area contributed by atoms with Gasteiger partial charge in [-0.2, -0.15) is 0 Å². The van der Waals surface area contributed by atoms with Crippen molar-refractivity contribution in [2.24, 2.45) is 23.2 Å². The van der Waals surface area contributed by atoms with Crippen molar-refractivity contribution in [3.63, 3.8) is 0 Å². The zero-order valence-corrected chi connectivity index (χ0v) is 18.8. The minimum Gasteiger partial charge on any atom is -0.515 e. The van der Waals surface area contributed by atoms with E-state index in [9.17, 15) is 19.1 Å². The molecule has 2 fully saturated rings. The van der Waals surface area contributed by atoms with Crippen LogP contribution in [0.25, 0.3) is 0 Å². The number of carbonyl (C=O) groups excluding carboxylic acids is 2. The maximum absolute atomic E-state index is 13.9. The Morgan fingerprint density at radius 2 is 2.09 bits per heavy atom. The first-order valence-corrected chi connectivity index (χ1v) is 11.8. The van der Waals surface area contributed by atoms with Crippen molar-refractivity contribution < 1.29 is 19.1 Å². The van der Waals surface area contributed by atoms with E-state index in [0.717, 1.165) is 31.9 Å². The van der Waals surface area contributed by atoms with Crippen LogP contribution in [0.5, 0.6) is 0 Å². The second-order valence-electron chi connectivity index (χ2n) is 9.93. The molecule has 5 atom stereocenters. The van der Waals surface area contributed by atoms with Crippen molar-refractivity contribution in [3.05, 3.63) is 71.4 Å². The van der Waals surface area contributed by atoms with Gasteiger partial charge in [0, 0.05) is 23.6 Å². The SMILES string of the molecule is C[C@]12CCC3c4ccccc4CCC3C1[C@H](CCC(=O)Nc1ncccc1F)/C(=C/O)C2=O. The molecular weight excluding hydrogens is 419 g/mol. The van der Waals surface area contributed by atoms with Crippen LogP contribution < -0.4 is 5.32 Å². The Balaban J connectivity index is 1.40. The normalized spacial score (nSPS) is 31.6. The fraction of sp³-hybridized carbons (Fsp3) is 0.444. The summed E-state index contributed by atoms with van der Waals surface area (Å²) >= 11 is 0. The number of halogens is 1. The Bertz CT molecular complexity index is 1130. The van der Waals surface area contributed by atoms with Crippen LogP contribution in [0.1, 0.15) is 56.1 Å². The highest BCUT2D eigenvalue weighted by Gasteiger charge is 2.60. The Hall–Kier alpha value is -3.02. The fourth-order valence-electron chi connectivity index (χ4n) is 6.92. The number of allylic oxidation sites excluding steroid dienone is 1. The van der Waals surface area contributed by atoms with Crippen LogP contribution >= 0.6 is 0 Å². The average Bonchev–Trinajstić information content (AvgIpc) is 3.05. The lowest BCUT2D eigenvalue weighted by Gasteiger charge is -2.49. The maximum atomic E-state index is 13.9. The molecule has 2 aromatic rings. The van der Waals surface area contributed by atoms with Crippen LogP contribution in [0.2, 0.25) is 0 Å². The number of fused-ring (bicyclic) bond motifs is 5. The molecule has 0 radical (unpaired) electrons. The van der Waals surface area contributed by atoms with E-state index in [1.165, 1.54) is 29.5 Å². The van der Waals surface area contributed by atoms with E-state index >= 15 is 0 Å². The number of carbonyl (C=O) groups is 2. The largest absolute Gasteiger partial charge is 0.515 e. The molecule has 3 unspecified atom stereocenters. The van der Waals surface area contributed by atoms with Crippen LogP contribution in [0.4, 0.5) is 10.2 Å². The smallest absolute Gasteiger partial charge is 0.225 e. The Kier molecular flexibility index (Phi) is 5.55. The van der Waals surface area contributed by atoms with Crippen molar-refractivity contribution in [3.8, 4) is 0 Å². The van der Waals surface area contributed by atoms with Gasteiger partial charge in [0.1, 0.15) is 0 Å². The second kappa shape index (κ2) is 8.40. The van der Waals surface area contributed by atoms with Crippen molar-refractivity contribution in [1.82, 2.24) is 4.98 Å². The predicted molar refractivity (Wildman–Crippen MR) is 123 cm³/mol. The molecule has 0 aliphatic heterocycles. The second-order valence-corrected chi connectivity index (χ2v) is 9.93. The van der Waals surface area contributed by atoms with E-state index in [0.29, 0.717) is 23.8 Å². The molecule has 0 saturated heterocycles. The third-order valence-electron chi connectivity index (χ3n) is 8.34. The highest BCUT2D eigenvalue weighted by atomic mass is 19.1. The summed E-state index contributed by atoms with van der Waals surface area (Å²) < 4.78 is 13.9. The number of nitrogens with one attached hydrogen (secondary N) is 1. The summed E-state index contributed by atoms with van der Waals surface area (Å²) in [5.41, 5.74) is 2.72. The molecule has 2 saturated carbocycles. The Labute approximate surface area is 193 Å². The summed E-state index contributed by atoms with van der Waals surface area (Å²) in [5, 5.41) is 12.6. The van der Waals surface area contributed by atoms with Crippen molar-refractivity contribution in [1.29, 1.82) is 0 Å². The molecule has 1 aromatic heterocycles. The topological polar surface area (TPSA) is 79.3 Å². The molecule has 0 spiro atoms. The van der Waals surface area contributed by atoms with Crippen molar-refractivity contribution >= 4 is 17.5 Å². The number of benzene rings is 1. The summed E-state index contributed by atoms with van der Waals surface area (Å²) in [6, 6.07) is 11.3. The predicted octanol–water partition coefficient (Wildman–Crippen LogP) is 5.34. The molecule has 1 heterocycles. The average molecular weight is 449 g/mol. The van der Waals surface area contributed by atoms with Gasteiger partial charge in [-0.1, -0.05) is 31.2 Å². The molecule has 3 aliphatic carbocycles. The van der Waals surface area contributed by atoms with E-state index in [2.05, 4.69) is 34.6 Å². The van der Waals surface area contributed by atoms with Gasteiger partial charge in [0.15, 0.2) is 17.4 Å². The summed E-state index contributed by atoms with van der Waals surface area (Å²) in [7, 11) is 0. The van der Waals surface area contributed by atoms with Gasteiger partial charge in [-0.05, 0) is 79.0 Å². The van der Waals surface area contributed by atoms with Gasteiger partial charge in [-0.3, -0.25) is 9.59 Å². The molecule has 5 nitrogen and oxygen atoms in total. The number of Topliss-reactive ketones (excluding diaryl/α,β-unsaturated/α-hetero) is 1. The van der Waals surface area contributed by atoms with Crippen LogP contribution in [0.15, 0.2) is 54.4 Å². The third-order valence-corrected chi connectivity index (χ3v) is 8.34. The number of hydrogen-bond donors (Lipinski definition) is 2. The Morgan fingerprint density at radius 1 is 1.27 bits per heavy atom. The zero-order chi connectivity index (χ0) is 23.2. The molecule has 0 bridgehead atoms. The molecular formula is C27H29FN2O3. The summed E-state index contributed by atoms with van der Waals surface area (Å²) in [4.78, 5) is 29.9. The number of amides is 1. The molecule has 172 valence electrons. The highest BCUT2D eigenvalue weighted by Crippen LogP contribution is 2.63. The molecule has 6 heteroatoms. The Morgan fingerprint density at radius 3 is 2.88 bits per heavy atom. The monoisotopic (exact) mass is 448 g/mol. The highest BCUT2D eigenvalue weighted by molar-refractivity contribution is 6.03. The summed E-state index contributed by atoms with van der Waals surface area (Å²) in [6.07, 6.45) is 6.71. The molecule has 1 aromatic carbocycles. The van der Waals surface area contributed by atoms with Crippen LogP contribution in [-0.4, -0.2) is 21.8 Å². The van der Waals surface area contributed by atoms with Gasteiger partial charge >= 0.3 is 0 Å². The molecule has 33 heavy (non-hydrogen) atoms. The number of anilines is 1. The number of nitrogens with zero attached hydrogens (tertiary/aromatic N) is 1. The van der Waals surface area contributed by atoms with Gasteiger partial charge in [-0.25, -0.2) is 9.37 Å². The fourth-order valence-corrected chi connectivity index (χ4v) is 6.92. The van der Waals surface area contributed by atoms with Gasteiger partial charge in [-0.15, -0.1) is 0 Å². The number of aliphatic hydroxyl groups excluding tert-OH is 1. The van der Waals surface area contributed by atoms with Gasteiger partial charge in [0.2, 0.25) is 5.91 Å². The number of ketones is 1. The number of aliphatic hydroxyl groups is 1. The number of aromatic nitrogens is 1. The molecule has 3 aliphatic rings. The zero-order valence-electron chi connectivity index (χ0n) is 18.8. The number of rotatable bonds is 4. The molecule has 2 N–H and O–H groups in total. The first kappa shape index (κ1) is 21.8. The standard InChI is InChI=1S/C27H29FN2O3/c1-27-13-12-18-17-6-3-2-5-16(17)8-9-19(18)24(27)20(21(15-31)25(27)33)10-11-23(32)30-26-22(28)7-4-14-29-26/h2-7,14-15,18-20,24,31H,8-13H2,1H3,(H,29,30,32)/b21-15-/t18?,19?,20-,24?,27+/m1/s1.